The van der Waals surface area contributed by atoms with Crippen LogP contribution >= 0.6 is 0 Å². The molecule has 0 amide bonds. The van der Waals surface area contributed by atoms with Crippen molar-refractivity contribution in [2.45, 2.75) is 77.7 Å². The quantitative estimate of drug-likeness (QED) is 0.612. The summed E-state index contributed by atoms with van der Waals surface area (Å²) >= 11 is 0. The van der Waals surface area contributed by atoms with E-state index in [0.29, 0.717) is 11.9 Å². The van der Waals surface area contributed by atoms with Crippen LogP contribution in [-0.4, -0.2) is 37.2 Å². The maximum atomic E-state index is 15.3. The van der Waals surface area contributed by atoms with E-state index in [0.717, 1.165) is 35.9 Å². The molecule has 3 aromatic rings. The lowest BCUT2D eigenvalue weighted by Gasteiger charge is -2.30. The number of aliphatic hydroxyl groups is 1. The van der Waals surface area contributed by atoms with E-state index < -0.39 is 18.1 Å². The van der Waals surface area contributed by atoms with Gasteiger partial charge in [-0.3, -0.25) is 9.36 Å². The van der Waals surface area contributed by atoms with Crippen molar-refractivity contribution in [2.75, 3.05) is 7.11 Å². The summed E-state index contributed by atoms with van der Waals surface area (Å²) in [5.41, 5.74) is 0.0810. The van der Waals surface area contributed by atoms with Gasteiger partial charge < -0.3 is 14.4 Å². The Morgan fingerprint density at radius 2 is 2.00 bits per heavy atom. The molecule has 1 N–H and O–H groups in total. The van der Waals surface area contributed by atoms with Crippen molar-refractivity contribution in [2.24, 2.45) is 0 Å². The van der Waals surface area contributed by atoms with Gasteiger partial charge in [-0.2, -0.15) is 4.68 Å². The molecule has 33 heavy (non-hydrogen) atoms. The Kier molecular flexibility index (Phi) is 6.54. The zero-order chi connectivity index (χ0) is 23.9. The van der Waals surface area contributed by atoms with Gasteiger partial charge in [0.15, 0.2) is 5.82 Å². The molecule has 1 aliphatic carbocycles. The number of ether oxygens (including phenoxy) is 1. The first kappa shape index (κ1) is 23.4. The smallest absolute Gasteiger partial charge is 0.350 e. The number of rotatable bonds is 6. The highest BCUT2D eigenvalue weighted by Gasteiger charge is 2.26. The van der Waals surface area contributed by atoms with E-state index in [1.54, 1.807) is 18.6 Å². The molecule has 1 aliphatic rings. The Morgan fingerprint density at radius 3 is 2.61 bits per heavy atom. The monoisotopic (exact) mass is 458 g/mol. The van der Waals surface area contributed by atoms with Crippen LogP contribution in [0.1, 0.15) is 69.8 Å². The van der Waals surface area contributed by atoms with Gasteiger partial charge >= 0.3 is 5.69 Å². The second kappa shape index (κ2) is 9.23. The number of fused-ring (bicyclic) bond motifs is 1. The zero-order valence-electron chi connectivity index (χ0n) is 19.5. The first-order chi connectivity index (χ1) is 15.8. The molecule has 0 spiro atoms. The number of nitrogens with zero attached hydrogens (tertiary/aromatic N) is 4. The van der Waals surface area contributed by atoms with Gasteiger partial charge in [0.05, 0.1) is 11.5 Å². The molecule has 1 saturated carbocycles. The number of halogens is 1. The molecule has 0 radical (unpaired) electrons. The number of aliphatic hydroxyl groups excluding tert-OH is 1. The van der Waals surface area contributed by atoms with Gasteiger partial charge in [0.25, 0.3) is 5.56 Å². The SMILES string of the molecule is CCn1c(CO)nn(-c2cc3c(C(C)C)cn(C4CCCC(OC)C4)c(=O)c3cc2F)c1=O. The van der Waals surface area contributed by atoms with E-state index in [1.165, 1.54) is 16.7 Å². The predicted octanol–water partition coefficient (Wildman–Crippen LogP) is 3.25. The second-order valence-corrected chi connectivity index (χ2v) is 8.99. The summed E-state index contributed by atoms with van der Waals surface area (Å²) in [6.07, 6.45) is 5.54. The first-order valence-corrected chi connectivity index (χ1v) is 11.5. The minimum atomic E-state index is -0.710. The van der Waals surface area contributed by atoms with Crippen LogP contribution in [0, 0.1) is 5.82 Å². The van der Waals surface area contributed by atoms with Crippen LogP contribution in [0.3, 0.4) is 0 Å². The molecule has 178 valence electrons. The maximum Gasteiger partial charge on any atom is 0.350 e. The standard InChI is InChI=1S/C24H31FN4O4/c1-5-27-22(13-30)26-29(24(27)32)21-11-17-18(10-20(21)25)23(31)28(12-19(17)14(2)3)15-7-6-8-16(9-15)33-4/h10-12,14-16,30H,5-9,13H2,1-4H3. The van der Waals surface area contributed by atoms with E-state index >= 15 is 4.39 Å². The molecule has 1 aromatic carbocycles. The third-order valence-corrected chi connectivity index (χ3v) is 6.71. The Labute approximate surface area is 191 Å². The molecule has 2 unspecified atom stereocenters. The number of benzene rings is 1. The fourth-order valence-corrected chi connectivity index (χ4v) is 4.90. The third-order valence-electron chi connectivity index (χ3n) is 6.71. The van der Waals surface area contributed by atoms with E-state index in [2.05, 4.69) is 5.10 Å². The van der Waals surface area contributed by atoms with E-state index in [1.807, 2.05) is 20.0 Å². The molecule has 0 aliphatic heterocycles. The highest BCUT2D eigenvalue weighted by Crippen LogP contribution is 2.32. The summed E-state index contributed by atoms with van der Waals surface area (Å²) in [6.45, 7) is 5.66. The highest BCUT2D eigenvalue weighted by atomic mass is 19.1. The van der Waals surface area contributed by atoms with Gasteiger partial charge in [0.1, 0.15) is 18.1 Å². The van der Waals surface area contributed by atoms with Crippen molar-refractivity contribution in [1.29, 1.82) is 0 Å². The van der Waals surface area contributed by atoms with Crippen molar-refractivity contribution < 1.29 is 14.2 Å². The normalized spacial score (nSPS) is 19.0. The second-order valence-electron chi connectivity index (χ2n) is 8.99. The third kappa shape index (κ3) is 4.04. The fourth-order valence-electron chi connectivity index (χ4n) is 4.90. The molecule has 2 heterocycles. The fraction of sp³-hybridized carbons (Fsp3) is 0.542. The van der Waals surface area contributed by atoms with Crippen molar-refractivity contribution in [3.05, 3.63) is 56.4 Å². The molecule has 2 atom stereocenters. The van der Waals surface area contributed by atoms with Crippen molar-refractivity contribution >= 4 is 10.8 Å². The topological polar surface area (TPSA) is 91.3 Å². The molecule has 4 rings (SSSR count). The highest BCUT2D eigenvalue weighted by molar-refractivity contribution is 5.87. The van der Waals surface area contributed by atoms with Crippen LogP contribution in [0.15, 0.2) is 27.9 Å². The lowest BCUT2D eigenvalue weighted by Crippen LogP contribution is -2.31. The van der Waals surface area contributed by atoms with Gasteiger partial charge in [0.2, 0.25) is 0 Å². The molecule has 9 heteroatoms. The van der Waals surface area contributed by atoms with Crippen LogP contribution in [-0.2, 0) is 17.9 Å². The first-order valence-electron chi connectivity index (χ1n) is 11.5. The molecule has 8 nitrogen and oxygen atoms in total. The molecule has 1 fully saturated rings. The summed E-state index contributed by atoms with van der Waals surface area (Å²) in [7, 11) is 1.69. The average molecular weight is 459 g/mol. The Balaban J connectivity index is 1.93. The number of methoxy groups -OCH3 is 1. The van der Waals surface area contributed by atoms with Crippen LogP contribution in [0.2, 0.25) is 0 Å². The van der Waals surface area contributed by atoms with Crippen molar-refractivity contribution in [1.82, 2.24) is 18.9 Å². The summed E-state index contributed by atoms with van der Waals surface area (Å²) < 4.78 is 24.8. The maximum absolute atomic E-state index is 15.3. The number of hydrogen-bond donors (Lipinski definition) is 1. The molecule has 0 saturated heterocycles. The van der Waals surface area contributed by atoms with Crippen LogP contribution < -0.4 is 11.2 Å². The van der Waals surface area contributed by atoms with Crippen LogP contribution in [0.5, 0.6) is 0 Å². The van der Waals surface area contributed by atoms with E-state index in [9.17, 15) is 14.7 Å². The summed E-state index contributed by atoms with van der Waals surface area (Å²) in [6, 6.07) is 2.73. The summed E-state index contributed by atoms with van der Waals surface area (Å²) in [5.74, 6) is -0.485. The van der Waals surface area contributed by atoms with Gasteiger partial charge in [-0.25, -0.2) is 9.18 Å². The van der Waals surface area contributed by atoms with Crippen LogP contribution in [0.25, 0.3) is 16.5 Å². The summed E-state index contributed by atoms with van der Waals surface area (Å²) in [4.78, 5) is 26.2. The summed E-state index contributed by atoms with van der Waals surface area (Å²) in [5, 5.41) is 14.5. The van der Waals surface area contributed by atoms with Gasteiger partial charge in [0, 0.05) is 25.9 Å². The Bertz CT molecular complexity index is 1290. The van der Waals surface area contributed by atoms with E-state index in [4.69, 9.17) is 4.74 Å². The lowest BCUT2D eigenvalue weighted by atomic mass is 9.91. The van der Waals surface area contributed by atoms with Gasteiger partial charge in [-0.1, -0.05) is 13.8 Å². The number of aromatic nitrogens is 4. The minimum absolute atomic E-state index is 0.00387. The zero-order valence-corrected chi connectivity index (χ0v) is 19.5. The van der Waals surface area contributed by atoms with Crippen molar-refractivity contribution in [3.8, 4) is 5.69 Å². The Morgan fingerprint density at radius 1 is 1.24 bits per heavy atom. The molecular formula is C24H31FN4O4. The molecule has 2 aromatic heterocycles. The minimum Gasteiger partial charge on any atom is -0.388 e. The molecule has 0 bridgehead atoms. The van der Waals surface area contributed by atoms with E-state index in [-0.39, 0.29) is 40.5 Å². The largest absolute Gasteiger partial charge is 0.388 e. The van der Waals surface area contributed by atoms with Crippen LogP contribution in [0.4, 0.5) is 4.39 Å². The lowest BCUT2D eigenvalue weighted by molar-refractivity contribution is 0.0525. The predicted molar refractivity (Wildman–Crippen MR) is 124 cm³/mol. The number of hydrogen-bond acceptors (Lipinski definition) is 5. The molecular weight excluding hydrogens is 427 g/mol. The Hall–Kier alpha value is -2.78. The van der Waals surface area contributed by atoms with Gasteiger partial charge in [-0.05, 0) is 61.6 Å². The van der Waals surface area contributed by atoms with Gasteiger partial charge in [-0.15, -0.1) is 5.10 Å². The number of pyridine rings is 1. The average Bonchev–Trinajstić information content (AvgIpc) is 3.14. The van der Waals surface area contributed by atoms with Crippen molar-refractivity contribution in [3.63, 3.8) is 0 Å².